The van der Waals surface area contributed by atoms with Crippen molar-refractivity contribution >= 4 is 46.4 Å². The van der Waals surface area contributed by atoms with Crippen LogP contribution < -0.4 is 21.3 Å². The molecule has 0 atom stereocenters. The van der Waals surface area contributed by atoms with Gasteiger partial charge in [0.05, 0.1) is 5.41 Å². The van der Waals surface area contributed by atoms with Gasteiger partial charge in [-0.1, -0.05) is 96.5 Å². The predicted molar refractivity (Wildman–Crippen MR) is 274 cm³/mol. The molecule has 0 fully saturated rings. The Balaban J connectivity index is 1.23. The van der Waals surface area contributed by atoms with Crippen LogP contribution in [0.5, 0.6) is 0 Å². The van der Waals surface area contributed by atoms with E-state index in [0.29, 0.717) is 67.3 Å². The van der Waals surface area contributed by atoms with E-state index in [1.807, 2.05) is 97.1 Å². The quantitative estimate of drug-likeness (QED) is 0.0722. The van der Waals surface area contributed by atoms with Crippen molar-refractivity contribution in [2.24, 2.45) is 0 Å². The van der Waals surface area contributed by atoms with Crippen LogP contribution in [0.25, 0.3) is 0 Å². The van der Waals surface area contributed by atoms with Crippen LogP contribution in [0, 0.1) is 49.4 Å². The number of carbonyl (C=O) groups excluding carboxylic acids is 4. The van der Waals surface area contributed by atoms with Gasteiger partial charge in [-0.3, -0.25) is 19.2 Å². The number of hydrogen-bond donors (Lipinski definition) is 4. The maximum atomic E-state index is 13.4. The maximum Gasteiger partial charge on any atom is 0.255 e. The summed E-state index contributed by atoms with van der Waals surface area (Å²) in [6.07, 6.45) is 22.4. The van der Waals surface area contributed by atoms with Gasteiger partial charge in [-0.05, 0) is 144 Å². The van der Waals surface area contributed by atoms with E-state index < -0.39 is 5.41 Å². The second-order valence-corrected chi connectivity index (χ2v) is 15.8. The Morgan fingerprint density at radius 3 is 0.696 bits per heavy atom. The zero-order chi connectivity index (χ0) is 48.3. The van der Waals surface area contributed by atoms with Crippen LogP contribution in [-0.2, 0) is 5.41 Å². The monoisotopic (exact) mass is 892 g/mol. The predicted octanol–water partition coefficient (Wildman–Crippen LogP) is 11.0. The Bertz CT molecular complexity index is 2970. The van der Waals surface area contributed by atoms with Crippen LogP contribution in [0.3, 0.4) is 0 Å². The van der Waals surface area contributed by atoms with Gasteiger partial charge >= 0.3 is 0 Å². The van der Waals surface area contributed by atoms with Gasteiger partial charge in [0.2, 0.25) is 0 Å². The molecule has 4 amide bonds. The molecule has 0 bridgehead atoms. The third-order valence-electron chi connectivity index (χ3n) is 11.5. The van der Waals surface area contributed by atoms with E-state index in [-0.39, 0.29) is 23.6 Å². The van der Waals surface area contributed by atoms with Crippen molar-refractivity contribution in [3.63, 3.8) is 0 Å². The molecule has 8 rings (SSSR count). The summed E-state index contributed by atoms with van der Waals surface area (Å²) in [6.45, 7) is 0. The van der Waals surface area contributed by atoms with Gasteiger partial charge in [0, 0.05) is 67.3 Å². The lowest BCUT2D eigenvalue weighted by Gasteiger charge is -2.37. The van der Waals surface area contributed by atoms with Crippen molar-refractivity contribution in [1.29, 1.82) is 0 Å². The third-order valence-corrected chi connectivity index (χ3v) is 11.5. The number of hydrogen-bond acceptors (Lipinski definition) is 4. The standard InChI is InChI=1S/C61H40N4O4/c1-5-41-13-9-17-45(37-41)57(66)62-53-29-21-49(22-30-53)61(50-23-31-54(32-24-50)63-58(67)46-18-10-14-42(6-2)38-46,51-25-33-55(34-26-51)64-59(68)47-19-11-15-43(7-3)39-47)52-27-35-56(36-28-52)65-60(69)48-20-12-16-44(8-4)40-48/h1-4,9-40H,(H,62,66)(H,63,67)(H,64,68)(H,65,69). The van der Waals surface area contributed by atoms with Crippen LogP contribution in [0.15, 0.2) is 194 Å². The van der Waals surface area contributed by atoms with Crippen molar-refractivity contribution in [2.45, 2.75) is 5.41 Å². The molecule has 0 aliphatic heterocycles. The van der Waals surface area contributed by atoms with Gasteiger partial charge in [0.1, 0.15) is 0 Å². The summed E-state index contributed by atoms with van der Waals surface area (Å²) in [6, 6.07) is 57.4. The molecule has 0 saturated carbocycles. The van der Waals surface area contributed by atoms with E-state index >= 15 is 0 Å². The van der Waals surface area contributed by atoms with Crippen LogP contribution in [-0.4, -0.2) is 23.6 Å². The minimum Gasteiger partial charge on any atom is -0.322 e. The second kappa shape index (κ2) is 20.4. The molecule has 0 aromatic heterocycles. The van der Waals surface area contributed by atoms with Gasteiger partial charge in [-0.2, -0.15) is 0 Å². The number of nitrogens with one attached hydrogen (secondary N) is 4. The molecule has 0 saturated heterocycles. The van der Waals surface area contributed by atoms with Crippen molar-refractivity contribution in [3.05, 3.63) is 261 Å². The molecule has 8 aromatic carbocycles. The van der Waals surface area contributed by atoms with Crippen molar-refractivity contribution in [2.75, 3.05) is 21.3 Å². The van der Waals surface area contributed by atoms with Crippen molar-refractivity contribution in [3.8, 4) is 49.4 Å². The highest BCUT2D eigenvalue weighted by Crippen LogP contribution is 2.46. The van der Waals surface area contributed by atoms with E-state index in [1.54, 1.807) is 97.1 Å². The van der Waals surface area contributed by atoms with Crippen LogP contribution >= 0.6 is 0 Å². The zero-order valence-corrected chi connectivity index (χ0v) is 36.9. The molecule has 0 spiro atoms. The highest BCUT2D eigenvalue weighted by atomic mass is 16.2. The molecule has 0 aliphatic carbocycles. The Morgan fingerprint density at radius 2 is 0.507 bits per heavy atom. The maximum absolute atomic E-state index is 13.4. The molecule has 0 radical (unpaired) electrons. The van der Waals surface area contributed by atoms with E-state index in [1.165, 1.54) is 0 Å². The summed E-state index contributed by atoms with van der Waals surface area (Å²) >= 11 is 0. The Hall–Kier alpha value is -10.1. The summed E-state index contributed by atoms with van der Waals surface area (Å²) in [4.78, 5) is 53.7. The molecule has 0 aliphatic rings. The molecule has 8 aromatic rings. The molecule has 8 nitrogen and oxygen atoms in total. The fourth-order valence-electron chi connectivity index (χ4n) is 8.03. The topological polar surface area (TPSA) is 116 Å². The van der Waals surface area contributed by atoms with E-state index in [0.717, 1.165) is 22.3 Å². The second-order valence-electron chi connectivity index (χ2n) is 15.8. The SMILES string of the molecule is C#Cc1cccc(C(=O)Nc2ccc(C(c3ccc(NC(=O)c4cccc(C#C)c4)cc3)(c3ccc(NC(=O)c4cccc(C#C)c4)cc3)c3ccc(NC(=O)c4cccc(C#C)c4)cc3)cc2)c1. The minimum absolute atomic E-state index is 0.331. The largest absolute Gasteiger partial charge is 0.322 e. The first-order valence-corrected chi connectivity index (χ1v) is 21.5. The first-order chi connectivity index (χ1) is 33.6. The van der Waals surface area contributed by atoms with Crippen molar-refractivity contribution in [1.82, 2.24) is 0 Å². The smallest absolute Gasteiger partial charge is 0.255 e. The van der Waals surface area contributed by atoms with Gasteiger partial charge in [-0.25, -0.2) is 0 Å². The molecule has 0 heterocycles. The summed E-state index contributed by atoms with van der Waals surface area (Å²) < 4.78 is 0. The van der Waals surface area contributed by atoms with Crippen LogP contribution in [0.1, 0.15) is 85.9 Å². The number of rotatable bonds is 12. The molecule has 328 valence electrons. The van der Waals surface area contributed by atoms with E-state index in [9.17, 15) is 19.2 Å². The van der Waals surface area contributed by atoms with Gasteiger partial charge < -0.3 is 21.3 Å². The summed E-state index contributed by atoms with van der Waals surface area (Å²) in [5, 5.41) is 11.9. The van der Waals surface area contributed by atoms with E-state index in [2.05, 4.69) is 44.9 Å². The number of anilines is 4. The molecule has 69 heavy (non-hydrogen) atoms. The lowest BCUT2D eigenvalue weighted by atomic mass is 9.65. The summed E-state index contributed by atoms with van der Waals surface area (Å²) in [7, 11) is 0. The Labute approximate surface area is 400 Å². The number of amides is 4. The van der Waals surface area contributed by atoms with Crippen LogP contribution in [0.4, 0.5) is 22.7 Å². The molecular weight excluding hydrogens is 853 g/mol. The van der Waals surface area contributed by atoms with Crippen molar-refractivity contribution < 1.29 is 19.2 Å². The highest BCUT2D eigenvalue weighted by molar-refractivity contribution is 6.06. The summed E-state index contributed by atoms with van der Waals surface area (Å²) in [5.74, 6) is 8.95. The van der Waals surface area contributed by atoms with Gasteiger partial charge in [0.15, 0.2) is 0 Å². The number of carbonyl (C=O) groups is 4. The van der Waals surface area contributed by atoms with Gasteiger partial charge in [-0.15, -0.1) is 25.7 Å². The highest BCUT2D eigenvalue weighted by Gasteiger charge is 2.39. The summed E-state index contributed by atoms with van der Waals surface area (Å²) in [5.41, 5.74) is 8.19. The minimum atomic E-state index is -1.10. The fourth-order valence-corrected chi connectivity index (χ4v) is 8.03. The average Bonchev–Trinajstić information content (AvgIpc) is 3.40. The zero-order valence-electron chi connectivity index (χ0n) is 36.9. The average molecular weight is 893 g/mol. The molecule has 0 unspecified atom stereocenters. The third kappa shape index (κ3) is 10.1. The van der Waals surface area contributed by atoms with E-state index in [4.69, 9.17) is 25.7 Å². The normalized spacial score (nSPS) is 10.5. The van der Waals surface area contributed by atoms with Crippen LogP contribution in [0.2, 0.25) is 0 Å². The first kappa shape index (κ1) is 45.4. The Kier molecular flexibility index (Phi) is 13.4. The lowest BCUT2D eigenvalue weighted by molar-refractivity contribution is 0.101. The van der Waals surface area contributed by atoms with Gasteiger partial charge in [0.25, 0.3) is 23.6 Å². The first-order valence-electron chi connectivity index (χ1n) is 21.5. The molecule has 8 heteroatoms. The number of benzene rings is 8. The fraction of sp³-hybridized carbons (Fsp3) is 0.0164. The lowest BCUT2D eigenvalue weighted by Crippen LogP contribution is -2.31. The number of terminal acetylenes is 4. The molecular formula is C61H40N4O4. The molecule has 4 N–H and O–H groups in total. The Morgan fingerprint density at radius 1 is 0.304 bits per heavy atom.